The van der Waals surface area contributed by atoms with Gasteiger partial charge in [-0.15, -0.1) is 0 Å². The van der Waals surface area contributed by atoms with E-state index in [4.69, 9.17) is 9.47 Å². The maximum atomic E-state index is 12.6. The molecule has 35 heavy (non-hydrogen) atoms. The first-order valence-corrected chi connectivity index (χ1v) is 11.8. The molecule has 0 aliphatic carbocycles. The average Bonchev–Trinajstić information content (AvgIpc) is 3.12. The molecular formula is C29H33N3O3. The van der Waals surface area contributed by atoms with Gasteiger partial charge in [0.05, 0.1) is 11.3 Å². The number of carbonyl (C=O) groups is 1. The van der Waals surface area contributed by atoms with Gasteiger partial charge in [0, 0.05) is 19.0 Å². The van der Waals surface area contributed by atoms with Crippen molar-refractivity contribution in [1.82, 2.24) is 9.78 Å². The van der Waals surface area contributed by atoms with Crippen LogP contribution in [0.4, 0.5) is 0 Å². The first kappa shape index (κ1) is 25.8. The minimum absolute atomic E-state index is 0.0108. The molecule has 0 amide bonds. The van der Waals surface area contributed by atoms with Crippen LogP contribution in [0.2, 0.25) is 0 Å². The van der Waals surface area contributed by atoms with Crippen molar-refractivity contribution in [2.75, 3.05) is 0 Å². The summed E-state index contributed by atoms with van der Waals surface area (Å²) in [6.07, 6.45) is -0.935. The Hall–Kier alpha value is -3.85. The number of carbonyl (C=O) groups excluding carboxylic acids is 1. The molecule has 6 heteroatoms. The molecule has 3 aromatic rings. The summed E-state index contributed by atoms with van der Waals surface area (Å²) in [5.41, 5.74) is 5.10. The van der Waals surface area contributed by atoms with Crippen molar-refractivity contribution in [2.24, 2.45) is 0 Å². The fraction of sp³-hybridized carbons (Fsp3) is 0.345. The third-order valence-electron chi connectivity index (χ3n) is 5.89. The Kier molecular flexibility index (Phi) is 7.81. The van der Waals surface area contributed by atoms with Gasteiger partial charge in [-0.1, -0.05) is 63.2 Å². The lowest BCUT2D eigenvalue weighted by molar-refractivity contribution is -0.0515. The third kappa shape index (κ3) is 5.81. The van der Waals surface area contributed by atoms with Crippen LogP contribution in [0.15, 0.2) is 54.6 Å². The Morgan fingerprint density at radius 2 is 1.66 bits per heavy atom. The van der Waals surface area contributed by atoms with Crippen molar-refractivity contribution in [3.8, 4) is 6.07 Å². The average molecular weight is 472 g/mol. The number of nitrogens with zero attached hydrogens (tertiary/aromatic N) is 3. The van der Waals surface area contributed by atoms with E-state index in [0.29, 0.717) is 29.1 Å². The fourth-order valence-electron chi connectivity index (χ4n) is 3.79. The van der Waals surface area contributed by atoms with E-state index in [1.807, 2.05) is 55.8 Å². The zero-order chi connectivity index (χ0) is 25.8. The van der Waals surface area contributed by atoms with E-state index in [9.17, 15) is 10.1 Å². The normalized spacial score (nSPS) is 13.0. The number of esters is 1. The Morgan fingerprint density at radius 1 is 1.03 bits per heavy atom. The summed E-state index contributed by atoms with van der Waals surface area (Å²) in [6.45, 7) is 14.5. The summed E-state index contributed by atoms with van der Waals surface area (Å²) in [5, 5.41) is 14.9. The molecule has 0 aliphatic rings. The van der Waals surface area contributed by atoms with E-state index >= 15 is 0 Å². The van der Waals surface area contributed by atoms with Gasteiger partial charge >= 0.3 is 5.97 Å². The molecule has 0 saturated carbocycles. The highest BCUT2D eigenvalue weighted by atomic mass is 16.7. The number of hydrogen-bond donors (Lipinski definition) is 0. The van der Waals surface area contributed by atoms with Crippen LogP contribution < -0.4 is 0 Å². The first-order chi connectivity index (χ1) is 16.6. The van der Waals surface area contributed by atoms with Crippen LogP contribution in [0.25, 0.3) is 11.3 Å². The second-order valence-corrected chi connectivity index (χ2v) is 9.47. The van der Waals surface area contributed by atoms with Crippen LogP contribution in [-0.2, 0) is 21.4 Å². The summed E-state index contributed by atoms with van der Waals surface area (Å²) in [6, 6.07) is 19.0. The van der Waals surface area contributed by atoms with Crippen molar-refractivity contribution < 1.29 is 14.3 Å². The van der Waals surface area contributed by atoms with Gasteiger partial charge in [-0.2, -0.15) is 10.4 Å². The number of aryl methyl sites for hydroxylation is 2. The zero-order valence-electron chi connectivity index (χ0n) is 21.5. The first-order valence-electron chi connectivity index (χ1n) is 11.8. The minimum Gasteiger partial charge on any atom is -0.451 e. The molecule has 1 atom stereocenters. The molecular weight excluding hydrogens is 438 g/mol. The van der Waals surface area contributed by atoms with Gasteiger partial charge < -0.3 is 9.47 Å². The molecule has 0 fully saturated rings. The van der Waals surface area contributed by atoms with Crippen LogP contribution in [0.5, 0.6) is 0 Å². The van der Waals surface area contributed by atoms with Crippen molar-refractivity contribution in [3.63, 3.8) is 0 Å². The number of ether oxygens (including phenoxy) is 2. The highest BCUT2D eigenvalue weighted by Gasteiger charge is 2.25. The number of nitriles is 1. The summed E-state index contributed by atoms with van der Waals surface area (Å²) in [5.74, 6) is -0.160. The lowest BCUT2D eigenvalue weighted by Crippen LogP contribution is -2.19. The van der Waals surface area contributed by atoms with Gasteiger partial charge in [0.2, 0.25) is 6.29 Å². The van der Waals surface area contributed by atoms with E-state index in [1.54, 1.807) is 31.2 Å². The number of benzene rings is 2. The Bertz CT molecular complexity index is 1260. The van der Waals surface area contributed by atoms with Gasteiger partial charge in [-0.05, 0) is 49.4 Å². The lowest BCUT2D eigenvalue weighted by Gasteiger charge is -2.21. The van der Waals surface area contributed by atoms with E-state index in [2.05, 4.69) is 31.9 Å². The summed E-state index contributed by atoms with van der Waals surface area (Å²) >= 11 is 0. The minimum atomic E-state index is -0.935. The van der Waals surface area contributed by atoms with Crippen molar-refractivity contribution >= 4 is 17.3 Å². The molecule has 0 aliphatic heterocycles. The number of rotatable bonds is 7. The van der Waals surface area contributed by atoms with Crippen molar-refractivity contribution in [2.45, 2.75) is 66.7 Å². The standard InChI is InChI=1S/C29H33N3O3/c1-8-32-26(19(2)20(3)31-32)27(34-21(4)35-28(33)23-12-10-9-11-13-23)25(18-30)22-14-16-24(17-15-22)29(5,6)7/h9-17,21H,8H2,1-7H3/b27-25-. The van der Waals surface area contributed by atoms with Crippen molar-refractivity contribution in [1.29, 1.82) is 5.26 Å². The van der Waals surface area contributed by atoms with E-state index < -0.39 is 12.3 Å². The highest BCUT2D eigenvalue weighted by molar-refractivity contribution is 5.95. The highest BCUT2D eigenvalue weighted by Crippen LogP contribution is 2.33. The third-order valence-corrected chi connectivity index (χ3v) is 5.89. The Labute approximate surface area is 207 Å². The monoisotopic (exact) mass is 471 g/mol. The zero-order valence-corrected chi connectivity index (χ0v) is 21.5. The second-order valence-electron chi connectivity index (χ2n) is 9.47. The van der Waals surface area contributed by atoms with Gasteiger partial charge in [0.1, 0.15) is 17.3 Å². The van der Waals surface area contributed by atoms with Crippen LogP contribution >= 0.6 is 0 Å². The fourth-order valence-corrected chi connectivity index (χ4v) is 3.79. The molecule has 0 radical (unpaired) electrons. The topological polar surface area (TPSA) is 77.1 Å². The maximum absolute atomic E-state index is 12.6. The molecule has 0 saturated heterocycles. The SMILES string of the molecule is CCn1nc(C)c(C)c1/C(OC(C)OC(=O)c1ccccc1)=C(\C#N)c1ccc(C(C)(C)C)cc1. The molecule has 0 bridgehead atoms. The second kappa shape index (κ2) is 10.6. The predicted molar refractivity (Wildman–Crippen MR) is 137 cm³/mol. The molecule has 6 nitrogen and oxygen atoms in total. The Morgan fingerprint density at radius 3 is 2.20 bits per heavy atom. The molecule has 1 aromatic heterocycles. The molecule has 1 unspecified atom stereocenters. The van der Waals surface area contributed by atoms with Gasteiger partial charge in [0.15, 0.2) is 5.76 Å². The number of aromatic nitrogens is 2. The van der Waals surface area contributed by atoms with E-state index in [1.165, 1.54) is 0 Å². The Balaban J connectivity index is 2.08. The molecule has 182 valence electrons. The quantitative estimate of drug-likeness (QED) is 0.172. The summed E-state index contributed by atoms with van der Waals surface area (Å²) in [4.78, 5) is 12.6. The van der Waals surface area contributed by atoms with E-state index in [0.717, 1.165) is 22.4 Å². The van der Waals surface area contributed by atoms with Gasteiger partial charge in [-0.3, -0.25) is 4.68 Å². The van der Waals surface area contributed by atoms with Crippen molar-refractivity contribution in [3.05, 3.63) is 88.2 Å². The number of allylic oxidation sites excluding steroid dienone is 1. The molecule has 3 rings (SSSR count). The molecule has 0 N–H and O–H groups in total. The largest absolute Gasteiger partial charge is 0.451 e. The van der Waals surface area contributed by atoms with Crippen LogP contribution in [-0.4, -0.2) is 22.0 Å². The lowest BCUT2D eigenvalue weighted by atomic mass is 9.86. The smallest absolute Gasteiger partial charge is 0.341 e. The molecule has 2 aromatic carbocycles. The van der Waals surface area contributed by atoms with Gasteiger partial charge in [-0.25, -0.2) is 4.79 Å². The van der Waals surface area contributed by atoms with Crippen LogP contribution in [0, 0.1) is 25.2 Å². The molecule has 0 spiro atoms. The maximum Gasteiger partial charge on any atom is 0.341 e. The number of hydrogen-bond acceptors (Lipinski definition) is 5. The summed E-state index contributed by atoms with van der Waals surface area (Å²) in [7, 11) is 0. The molecule has 1 heterocycles. The predicted octanol–water partition coefficient (Wildman–Crippen LogP) is 6.43. The van der Waals surface area contributed by atoms with E-state index in [-0.39, 0.29) is 5.41 Å². The van der Waals surface area contributed by atoms with Gasteiger partial charge in [0.25, 0.3) is 0 Å². The summed E-state index contributed by atoms with van der Waals surface area (Å²) < 4.78 is 13.6. The van der Waals surface area contributed by atoms with Crippen LogP contribution in [0.3, 0.4) is 0 Å². The van der Waals surface area contributed by atoms with Crippen LogP contribution in [0.1, 0.15) is 73.1 Å².